The summed E-state index contributed by atoms with van der Waals surface area (Å²) in [6.45, 7) is -0.334. The molecular formula is C7H5BrClFO. The van der Waals surface area contributed by atoms with Crippen LogP contribution in [0.2, 0.25) is 5.02 Å². The lowest BCUT2D eigenvalue weighted by atomic mass is 10.2. The third kappa shape index (κ3) is 1.92. The minimum atomic E-state index is -0.455. The molecule has 11 heavy (non-hydrogen) atoms. The summed E-state index contributed by atoms with van der Waals surface area (Å²) in [7, 11) is 0. The van der Waals surface area contributed by atoms with E-state index in [2.05, 4.69) is 15.9 Å². The van der Waals surface area contributed by atoms with Crippen molar-refractivity contribution in [3.63, 3.8) is 0 Å². The highest BCUT2D eigenvalue weighted by Gasteiger charge is 2.04. The Kier molecular flexibility index (Phi) is 2.87. The number of aliphatic hydroxyl groups excluding tert-OH is 1. The summed E-state index contributed by atoms with van der Waals surface area (Å²) < 4.78 is 13.3. The van der Waals surface area contributed by atoms with Gasteiger partial charge in [-0.15, -0.1) is 0 Å². The fraction of sp³-hybridized carbons (Fsp3) is 0.143. The molecule has 1 aromatic carbocycles. The second kappa shape index (κ2) is 3.52. The average Bonchev–Trinajstić information content (AvgIpc) is 1.97. The Morgan fingerprint density at radius 3 is 2.73 bits per heavy atom. The Morgan fingerprint density at radius 2 is 2.18 bits per heavy atom. The minimum Gasteiger partial charge on any atom is -0.392 e. The average molecular weight is 239 g/mol. The summed E-state index contributed by atoms with van der Waals surface area (Å²) in [5.41, 5.74) is 0.207. The van der Waals surface area contributed by atoms with Crippen molar-refractivity contribution in [2.75, 3.05) is 0 Å². The fourth-order valence-electron chi connectivity index (χ4n) is 0.685. The van der Waals surface area contributed by atoms with Gasteiger partial charge in [0.05, 0.1) is 11.6 Å². The molecule has 60 valence electrons. The Morgan fingerprint density at radius 1 is 1.55 bits per heavy atom. The molecule has 1 aromatic rings. The summed E-state index contributed by atoms with van der Waals surface area (Å²) in [6.07, 6.45) is 0. The highest BCUT2D eigenvalue weighted by atomic mass is 79.9. The van der Waals surface area contributed by atoms with Gasteiger partial charge in [-0.1, -0.05) is 11.6 Å². The van der Waals surface area contributed by atoms with Crippen LogP contribution in [0.3, 0.4) is 0 Å². The Bertz CT molecular complexity index is 277. The second-order valence-corrected chi connectivity index (χ2v) is 3.28. The lowest BCUT2D eigenvalue weighted by molar-refractivity contribution is 0.275. The van der Waals surface area contributed by atoms with Gasteiger partial charge in [-0.25, -0.2) is 4.39 Å². The maximum Gasteiger partial charge on any atom is 0.129 e. The summed E-state index contributed by atoms with van der Waals surface area (Å²) >= 11 is 8.70. The predicted molar refractivity (Wildman–Crippen MR) is 45.0 cm³/mol. The zero-order chi connectivity index (χ0) is 8.43. The summed E-state index contributed by atoms with van der Waals surface area (Å²) in [6, 6.07) is 2.62. The smallest absolute Gasteiger partial charge is 0.129 e. The third-order valence-corrected chi connectivity index (χ3v) is 2.46. The number of aliphatic hydroxyl groups is 1. The zero-order valence-corrected chi connectivity index (χ0v) is 7.78. The molecule has 0 spiro atoms. The SMILES string of the molecule is OCc1cc(Cl)c(Br)cc1F. The number of hydrogen-bond donors (Lipinski definition) is 1. The summed E-state index contributed by atoms with van der Waals surface area (Å²) in [4.78, 5) is 0. The van der Waals surface area contributed by atoms with Crippen molar-refractivity contribution in [1.29, 1.82) is 0 Å². The van der Waals surface area contributed by atoms with E-state index in [1.165, 1.54) is 12.1 Å². The Balaban J connectivity index is 3.21. The van der Waals surface area contributed by atoms with E-state index >= 15 is 0 Å². The van der Waals surface area contributed by atoms with Gasteiger partial charge in [-0.2, -0.15) is 0 Å². The van der Waals surface area contributed by atoms with E-state index in [1.54, 1.807) is 0 Å². The van der Waals surface area contributed by atoms with E-state index in [-0.39, 0.29) is 12.2 Å². The van der Waals surface area contributed by atoms with E-state index in [0.717, 1.165) is 0 Å². The first-order chi connectivity index (χ1) is 5.15. The molecule has 0 saturated heterocycles. The van der Waals surface area contributed by atoms with Crippen LogP contribution in [0.5, 0.6) is 0 Å². The largest absolute Gasteiger partial charge is 0.392 e. The van der Waals surface area contributed by atoms with Gasteiger partial charge in [0.15, 0.2) is 0 Å². The van der Waals surface area contributed by atoms with Crippen molar-refractivity contribution in [2.24, 2.45) is 0 Å². The molecule has 0 aromatic heterocycles. The topological polar surface area (TPSA) is 20.2 Å². The Hall–Kier alpha value is -0.120. The van der Waals surface area contributed by atoms with Gasteiger partial charge in [-0.3, -0.25) is 0 Å². The van der Waals surface area contributed by atoms with Crippen molar-refractivity contribution in [1.82, 2.24) is 0 Å². The highest BCUT2D eigenvalue weighted by molar-refractivity contribution is 9.10. The molecular weight excluding hydrogens is 234 g/mol. The molecule has 0 aliphatic heterocycles. The molecule has 1 N–H and O–H groups in total. The van der Waals surface area contributed by atoms with Crippen LogP contribution in [0, 0.1) is 5.82 Å². The zero-order valence-electron chi connectivity index (χ0n) is 5.44. The molecule has 4 heteroatoms. The van der Waals surface area contributed by atoms with E-state index in [0.29, 0.717) is 9.50 Å². The maximum atomic E-state index is 12.8. The van der Waals surface area contributed by atoms with Gasteiger partial charge in [0.2, 0.25) is 0 Å². The normalized spacial score (nSPS) is 10.2. The number of hydrogen-bond acceptors (Lipinski definition) is 1. The minimum absolute atomic E-state index is 0.207. The third-order valence-electron chi connectivity index (χ3n) is 1.26. The van der Waals surface area contributed by atoms with Crippen LogP contribution < -0.4 is 0 Å². The van der Waals surface area contributed by atoms with Crippen LogP contribution in [0.15, 0.2) is 16.6 Å². The molecule has 0 aliphatic carbocycles. The molecule has 0 saturated carbocycles. The van der Waals surface area contributed by atoms with Crippen LogP contribution in [0.4, 0.5) is 4.39 Å². The number of benzene rings is 1. The van der Waals surface area contributed by atoms with Crippen molar-refractivity contribution in [2.45, 2.75) is 6.61 Å². The first-order valence-corrected chi connectivity index (χ1v) is 4.06. The molecule has 0 atom stereocenters. The van der Waals surface area contributed by atoms with Gasteiger partial charge in [0, 0.05) is 10.0 Å². The van der Waals surface area contributed by atoms with Crippen molar-refractivity contribution >= 4 is 27.5 Å². The van der Waals surface area contributed by atoms with Gasteiger partial charge in [0.25, 0.3) is 0 Å². The van der Waals surface area contributed by atoms with Gasteiger partial charge < -0.3 is 5.11 Å². The van der Waals surface area contributed by atoms with Gasteiger partial charge in [-0.05, 0) is 28.1 Å². The second-order valence-electron chi connectivity index (χ2n) is 2.02. The fourth-order valence-corrected chi connectivity index (χ4v) is 1.19. The van der Waals surface area contributed by atoms with Crippen LogP contribution in [-0.4, -0.2) is 5.11 Å². The molecule has 1 rings (SSSR count). The molecule has 0 bridgehead atoms. The molecule has 0 unspecified atom stereocenters. The van der Waals surface area contributed by atoms with Crippen LogP contribution >= 0.6 is 27.5 Å². The van der Waals surface area contributed by atoms with Crippen molar-refractivity contribution in [3.05, 3.63) is 33.0 Å². The van der Waals surface area contributed by atoms with E-state index in [1.807, 2.05) is 0 Å². The predicted octanol–water partition coefficient (Wildman–Crippen LogP) is 2.73. The monoisotopic (exact) mass is 238 g/mol. The van der Waals surface area contributed by atoms with Crippen LogP contribution in [-0.2, 0) is 6.61 Å². The van der Waals surface area contributed by atoms with E-state index in [9.17, 15) is 4.39 Å². The maximum absolute atomic E-state index is 12.8. The molecule has 0 aliphatic rings. The molecule has 1 nitrogen and oxygen atoms in total. The summed E-state index contributed by atoms with van der Waals surface area (Å²) in [5.74, 6) is -0.455. The van der Waals surface area contributed by atoms with Crippen molar-refractivity contribution < 1.29 is 9.50 Å². The first-order valence-electron chi connectivity index (χ1n) is 2.89. The Labute approximate surface area is 76.9 Å². The van der Waals surface area contributed by atoms with Gasteiger partial charge >= 0.3 is 0 Å². The standard InChI is InChI=1S/C7H5BrClFO/c8-5-2-7(10)4(3-11)1-6(5)9/h1-2,11H,3H2. The lowest BCUT2D eigenvalue weighted by Crippen LogP contribution is -1.89. The highest BCUT2D eigenvalue weighted by Crippen LogP contribution is 2.25. The molecule has 0 heterocycles. The summed E-state index contributed by atoms with van der Waals surface area (Å²) in [5, 5.41) is 9.02. The molecule has 0 fully saturated rings. The quantitative estimate of drug-likeness (QED) is 0.747. The van der Waals surface area contributed by atoms with E-state index in [4.69, 9.17) is 16.7 Å². The number of halogens is 3. The molecule has 0 radical (unpaired) electrons. The van der Waals surface area contributed by atoms with Crippen LogP contribution in [0.25, 0.3) is 0 Å². The first kappa shape index (κ1) is 8.97. The van der Waals surface area contributed by atoms with Crippen LogP contribution in [0.1, 0.15) is 5.56 Å². The number of rotatable bonds is 1. The lowest BCUT2D eigenvalue weighted by Gasteiger charge is -2.00. The molecule has 0 amide bonds. The van der Waals surface area contributed by atoms with Gasteiger partial charge in [0.1, 0.15) is 5.82 Å². The van der Waals surface area contributed by atoms with E-state index < -0.39 is 5.82 Å². The van der Waals surface area contributed by atoms with Crippen molar-refractivity contribution in [3.8, 4) is 0 Å².